The maximum Gasteiger partial charge on any atom is 0.335 e. The summed E-state index contributed by atoms with van der Waals surface area (Å²) >= 11 is 0. The molecule has 0 aliphatic heterocycles. The zero-order valence-corrected chi connectivity index (χ0v) is 12.2. The number of rotatable bonds is 5. The molecule has 2 aromatic carbocycles. The Morgan fingerprint density at radius 3 is 2.88 bits per heavy atom. The van der Waals surface area contributed by atoms with E-state index in [9.17, 15) is 9.59 Å². The first-order chi connectivity index (χ1) is 11.6. The van der Waals surface area contributed by atoms with E-state index in [1.54, 1.807) is 6.07 Å². The molecular formula is C17H10N2O5. The van der Waals surface area contributed by atoms with Crippen molar-refractivity contribution in [1.29, 1.82) is 5.26 Å². The van der Waals surface area contributed by atoms with Crippen LogP contribution >= 0.6 is 0 Å². The summed E-state index contributed by atoms with van der Waals surface area (Å²) in [5.41, 5.74) is 1.55. The first-order valence-corrected chi connectivity index (χ1v) is 6.85. The lowest BCUT2D eigenvalue weighted by Gasteiger charge is -2.05. The Morgan fingerprint density at radius 1 is 1.33 bits per heavy atom. The van der Waals surface area contributed by atoms with Gasteiger partial charge in [-0.25, -0.2) is 9.78 Å². The second kappa shape index (κ2) is 6.22. The molecule has 1 heterocycles. The van der Waals surface area contributed by atoms with Crippen LogP contribution in [0.15, 0.2) is 40.8 Å². The molecule has 0 bridgehead atoms. The van der Waals surface area contributed by atoms with Gasteiger partial charge in [-0.05, 0) is 36.4 Å². The molecule has 0 atom stereocenters. The number of benzene rings is 2. The average Bonchev–Trinajstić information content (AvgIpc) is 3.01. The van der Waals surface area contributed by atoms with Crippen molar-refractivity contribution in [3.05, 3.63) is 59.0 Å². The number of hydrogen-bond acceptors (Lipinski definition) is 6. The molecular weight excluding hydrogens is 312 g/mol. The molecule has 0 saturated carbocycles. The van der Waals surface area contributed by atoms with E-state index in [0.717, 1.165) is 0 Å². The molecule has 7 nitrogen and oxygen atoms in total. The number of aldehydes is 1. The van der Waals surface area contributed by atoms with Crippen molar-refractivity contribution < 1.29 is 23.8 Å². The largest absolute Gasteiger partial charge is 0.482 e. The Morgan fingerprint density at radius 2 is 2.17 bits per heavy atom. The summed E-state index contributed by atoms with van der Waals surface area (Å²) in [5.74, 6) is -0.507. The zero-order valence-electron chi connectivity index (χ0n) is 12.2. The number of carboxylic acid groups (broad SMARTS) is 1. The van der Waals surface area contributed by atoms with Crippen LogP contribution in [-0.2, 0) is 6.61 Å². The highest BCUT2D eigenvalue weighted by molar-refractivity contribution is 5.91. The standard InChI is InChI=1S/C17H10N2O5/c18-7-12-5-10(8-20)1-4-14(12)23-9-16-19-13-3-2-11(17(21)22)6-15(13)24-16/h1-6,8H,9H2,(H,21,22). The minimum Gasteiger partial charge on any atom is -0.482 e. The van der Waals surface area contributed by atoms with Gasteiger partial charge in [0.25, 0.3) is 0 Å². The molecule has 118 valence electrons. The Balaban J connectivity index is 1.82. The minimum absolute atomic E-state index is 0.0355. The third-order valence-corrected chi connectivity index (χ3v) is 3.29. The van der Waals surface area contributed by atoms with Crippen LogP contribution in [0.3, 0.4) is 0 Å². The number of hydrogen-bond donors (Lipinski definition) is 1. The third kappa shape index (κ3) is 2.94. The van der Waals surface area contributed by atoms with Crippen LogP contribution in [0.4, 0.5) is 0 Å². The smallest absolute Gasteiger partial charge is 0.335 e. The molecule has 7 heteroatoms. The molecule has 0 radical (unpaired) electrons. The van der Waals surface area contributed by atoms with Crippen molar-refractivity contribution in [1.82, 2.24) is 4.98 Å². The first-order valence-electron chi connectivity index (χ1n) is 6.85. The fourth-order valence-electron chi connectivity index (χ4n) is 2.14. The summed E-state index contributed by atoms with van der Waals surface area (Å²) in [6.07, 6.45) is 0.644. The number of oxazole rings is 1. The van der Waals surface area contributed by atoms with Crippen LogP contribution in [0.25, 0.3) is 11.1 Å². The summed E-state index contributed by atoms with van der Waals surface area (Å²) in [6.45, 7) is -0.0355. The molecule has 0 fully saturated rings. The number of carbonyl (C=O) groups excluding carboxylic acids is 1. The van der Waals surface area contributed by atoms with Crippen molar-refractivity contribution in [2.45, 2.75) is 6.61 Å². The lowest BCUT2D eigenvalue weighted by Crippen LogP contribution is -1.98. The predicted molar refractivity (Wildman–Crippen MR) is 81.8 cm³/mol. The lowest BCUT2D eigenvalue weighted by atomic mass is 10.1. The molecule has 0 spiro atoms. The predicted octanol–water partition coefficient (Wildman–Crippen LogP) is 2.79. The van der Waals surface area contributed by atoms with E-state index in [-0.39, 0.29) is 23.6 Å². The maximum atomic E-state index is 10.9. The zero-order chi connectivity index (χ0) is 17.1. The van der Waals surface area contributed by atoms with Crippen LogP contribution in [0.5, 0.6) is 5.75 Å². The van der Waals surface area contributed by atoms with E-state index in [0.29, 0.717) is 28.7 Å². The number of nitriles is 1. The van der Waals surface area contributed by atoms with Crippen molar-refractivity contribution >= 4 is 23.4 Å². The molecule has 3 aromatic rings. The highest BCUT2D eigenvalue weighted by Gasteiger charge is 2.11. The lowest BCUT2D eigenvalue weighted by molar-refractivity contribution is 0.0696. The van der Waals surface area contributed by atoms with Gasteiger partial charge in [0.15, 0.2) is 12.2 Å². The van der Waals surface area contributed by atoms with E-state index in [2.05, 4.69) is 4.98 Å². The monoisotopic (exact) mass is 322 g/mol. The van der Waals surface area contributed by atoms with Crippen molar-refractivity contribution in [2.75, 3.05) is 0 Å². The quantitative estimate of drug-likeness (QED) is 0.718. The van der Waals surface area contributed by atoms with Gasteiger partial charge in [-0.15, -0.1) is 0 Å². The summed E-state index contributed by atoms with van der Waals surface area (Å²) in [6, 6.07) is 10.8. The average molecular weight is 322 g/mol. The number of fused-ring (bicyclic) bond motifs is 1. The van der Waals surface area contributed by atoms with Crippen LogP contribution < -0.4 is 4.74 Å². The number of ether oxygens (including phenoxy) is 1. The molecule has 0 unspecified atom stereocenters. The molecule has 0 saturated heterocycles. The van der Waals surface area contributed by atoms with Crippen molar-refractivity contribution in [2.24, 2.45) is 0 Å². The second-order valence-corrected chi connectivity index (χ2v) is 4.87. The van der Waals surface area contributed by atoms with Crippen LogP contribution in [0, 0.1) is 11.3 Å². The highest BCUT2D eigenvalue weighted by atomic mass is 16.5. The molecule has 0 amide bonds. The molecule has 24 heavy (non-hydrogen) atoms. The van der Waals surface area contributed by atoms with Gasteiger partial charge in [-0.3, -0.25) is 4.79 Å². The summed E-state index contributed by atoms with van der Waals surface area (Å²) in [7, 11) is 0. The summed E-state index contributed by atoms with van der Waals surface area (Å²) in [5, 5.41) is 18.1. The minimum atomic E-state index is -1.06. The normalized spacial score (nSPS) is 10.3. The van der Waals surface area contributed by atoms with Gasteiger partial charge in [0.05, 0.1) is 11.1 Å². The van der Waals surface area contributed by atoms with E-state index in [4.69, 9.17) is 19.5 Å². The summed E-state index contributed by atoms with van der Waals surface area (Å²) < 4.78 is 11.0. The van der Waals surface area contributed by atoms with Crippen LogP contribution in [0.2, 0.25) is 0 Å². The van der Waals surface area contributed by atoms with E-state index in [1.807, 2.05) is 6.07 Å². The fourth-order valence-corrected chi connectivity index (χ4v) is 2.14. The van der Waals surface area contributed by atoms with Crippen LogP contribution in [0.1, 0.15) is 32.2 Å². The molecule has 3 rings (SSSR count). The third-order valence-electron chi connectivity index (χ3n) is 3.29. The number of carbonyl (C=O) groups is 2. The van der Waals surface area contributed by atoms with Gasteiger partial charge in [0, 0.05) is 5.56 Å². The van der Waals surface area contributed by atoms with Gasteiger partial charge in [0.1, 0.15) is 23.6 Å². The van der Waals surface area contributed by atoms with Gasteiger partial charge < -0.3 is 14.3 Å². The summed E-state index contributed by atoms with van der Waals surface area (Å²) in [4.78, 5) is 25.9. The number of nitrogens with zero attached hydrogens (tertiary/aromatic N) is 2. The van der Waals surface area contributed by atoms with Crippen LogP contribution in [-0.4, -0.2) is 22.3 Å². The Bertz CT molecular complexity index is 984. The van der Waals surface area contributed by atoms with E-state index < -0.39 is 5.97 Å². The van der Waals surface area contributed by atoms with Gasteiger partial charge >= 0.3 is 5.97 Å². The first kappa shape index (κ1) is 15.2. The SMILES string of the molecule is N#Cc1cc(C=O)ccc1OCc1nc2ccc(C(=O)O)cc2o1. The molecule has 1 N–H and O–H groups in total. The second-order valence-electron chi connectivity index (χ2n) is 4.87. The number of aromatic carboxylic acids is 1. The molecule has 0 aliphatic carbocycles. The Kier molecular flexibility index (Phi) is 3.95. The molecule has 1 aromatic heterocycles. The Labute approximate surface area is 135 Å². The van der Waals surface area contributed by atoms with E-state index in [1.165, 1.54) is 30.3 Å². The van der Waals surface area contributed by atoms with Crippen molar-refractivity contribution in [3.63, 3.8) is 0 Å². The van der Waals surface area contributed by atoms with Gasteiger partial charge in [0.2, 0.25) is 5.89 Å². The number of aromatic nitrogens is 1. The van der Waals surface area contributed by atoms with Gasteiger partial charge in [-0.1, -0.05) is 0 Å². The van der Waals surface area contributed by atoms with E-state index >= 15 is 0 Å². The fraction of sp³-hybridized carbons (Fsp3) is 0.0588. The topological polar surface area (TPSA) is 113 Å². The maximum absolute atomic E-state index is 10.9. The van der Waals surface area contributed by atoms with Crippen molar-refractivity contribution in [3.8, 4) is 11.8 Å². The Hall–Kier alpha value is -3.66. The number of carboxylic acids is 1. The highest BCUT2D eigenvalue weighted by Crippen LogP contribution is 2.22. The van der Waals surface area contributed by atoms with Gasteiger partial charge in [-0.2, -0.15) is 5.26 Å². The molecule has 0 aliphatic rings.